The van der Waals surface area contributed by atoms with Gasteiger partial charge >= 0.3 is 0 Å². The summed E-state index contributed by atoms with van der Waals surface area (Å²) in [5.74, 6) is 0.00548. The molecule has 0 radical (unpaired) electrons. The monoisotopic (exact) mass is 273 g/mol. The fraction of sp³-hybridized carbons (Fsp3) is 0.143. The molecule has 0 bridgehead atoms. The molecule has 2 rings (SSSR count). The van der Waals surface area contributed by atoms with Crippen molar-refractivity contribution in [2.24, 2.45) is 7.05 Å². The Hall–Kier alpha value is -2.76. The van der Waals surface area contributed by atoms with Crippen LogP contribution in [0.4, 0.5) is 11.4 Å². The predicted molar refractivity (Wildman–Crippen MR) is 77.0 cm³/mol. The molecule has 6 heteroatoms. The van der Waals surface area contributed by atoms with Crippen molar-refractivity contribution in [1.29, 1.82) is 0 Å². The summed E-state index contributed by atoms with van der Waals surface area (Å²) in [6.45, 7) is 0. The standard InChI is InChI=1S/C14H15N3O3/c1-17-8-9(6-7-12(17)18)16-14(19)13-10(15)4-3-5-11(13)20-2/h3-8H,15H2,1-2H3,(H,16,19). The minimum Gasteiger partial charge on any atom is -0.496 e. The normalized spacial score (nSPS) is 10.1. The van der Waals surface area contributed by atoms with Crippen LogP contribution in [0.5, 0.6) is 5.75 Å². The lowest BCUT2D eigenvalue weighted by molar-refractivity contribution is 0.102. The number of anilines is 2. The molecule has 1 aromatic carbocycles. The number of rotatable bonds is 3. The van der Waals surface area contributed by atoms with Crippen LogP contribution in [0.2, 0.25) is 0 Å². The minimum atomic E-state index is -0.390. The number of methoxy groups -OCH3 is 1. The molecule has 0 saturated heterocycles. The highest BCUT2D eigenvalue weighted by Gasteiger charge is 2.15. The SMILES string of the molecule is COc1cccc(N)c1C(=O)Nc1ccc(=O)n(C)c1. The molecular weight excluding hydrogens is 258 g/mol. The van der Waals surface area contributed by atoms with Crippen LogP contribution < -0.4 is 21.3 Å². The van der Waals surface area contributed by atoms with Crippen molar-refractivity contribution in [3.05, 3.63) is 52.4 Å². The molecule has 20 heavy (non-hydrogen) atoms. The lowest BCUT2D eigenvalue weighted by Gasteiger charge is -2.11. The molecule has 1 amide bonds. The molecule has 0 unspecified atom stereocenters. The van der Waals surface area contributed by atoms with Gasteiger partial charge in [0.15, 0.2) is 0 Å². The average Bonchev–Trinajstić information content (AvgIpc) is 2.42. The summed E-state index contributed by atoms with van der Waals surface area (Å²) >= 11 is 0. The predicted octanol–water partition coefficient (Wildman–Crippen LogP) is 1.23. The summed E-state index contributed by atoms with van der Waals surface area (Å²) in [6, 6.07) is 7.90. The summed E-state index contributed by atoms with van der Waals surface area (Å²) in [7, 11) is 3.08. The number of nitrogens with two attached hydrogens (primary N) is 1. The van der Waals surface area contributed by atoms with E-state index >= 15 is 0 Å². The zero-order chi connectivity index (χ0) is 14.7. The third-order valence-electron chi connectivity index (χ3n) is 2.85. The highest BCUT2D eigenvalue weighted by molar-refractivity contribution is 6.09. The van der Waals surface area contributed by atoms with E-state index in [0.29, 0.717) is 17.1 Å². The van der Waals surface area contributed by atoms with Gasteiger partial charge in [-0.25, -0.2) is 0 Å². The quantitative estimate of drug-likeness (QED) is 0.823. The smallest absolute Gasteiger partial charge is 0.261 e. The average molecular weight is 273 g/mol. The largest absolute Gasteiger partial charge is 0.496 e. The molecule has 1 aromatic heterocycles. The minimum absolute atomic E-state index is 0.153. The van der Waals surface area contributed by atoms with Crippen LogP contribution >= 0.6 is 0 Å². The number of pyridine rings is 1. The number of carbonyl (C=O) groups is 1. The molecular formula is C14H15N3O3. The van der Waals surface area contributed by atoms with Gasteiger partial charge in [-0.1, -0.05) is 6.07 Å². The van der Waals surface area contributed by atoms with Gasteiger partial charge in [-0.05, 0) is 18.2 Å². The molecule has 1 heterocycles. The van der Waals surface area contributed by atoms with Gasteiger partial charge in [0.2, 0.25) is 5.56 Å². The van der Waals surface area contributed by atoms with Crippen molar-refractivity contribution in [2.75, 3.05) is 18.2 Å². The first-order valence-electron chi connectivity index (χ1n) is 5.93. The van der Waals surface area contributed by atoms with E-state index < -0.39 is 5.91 Å². The molecule has 0 aliphatic rings. The fourth-order valence-electron chi connectivity index (χ4n) is 1.82. The van der Waals surface area contributed by atoms with Gasteiger partial charge in [0.25, 0.3) is 5.91 Å². The Labute approximate surface area is 115 Å². The van der Waals surface area contributed by atoms with Crippen LogP contribution in [0, 0.1) is 0 Å². The van der Waals surface area contributed by atoms with Crippen molar-refractivity contribution in [1.82, 2.24) is 4.57 Å². The van der Waals surface area contributed by atoms with E-state index in [1.807, 2.05) is 0 Å². The lowest BCUT2D eigenvalue weighted by Crippen LogP contribution is -2.19. The molecule has 0 saturated carbocycles. The number of aromatic nitrogens is 1. The highest BCUT2D eigenvalue weighted by Crippen LogP contribution is 2.24. The van der Waals surface area contributed by atoms with Crippen molar-refractivity contribution in [3.63, 3.8) is 0 Å². The first-order valence-corrected chi connectivity index (χ1v) is 5.93. The summed E-state index contributed by atoms with van der Waals surface area (Å²) in [6.07, 6.45) is 1.53. The second-order valence-electron chi connectivity index (χ2n) is 4.25. The Morgan fingerprint density at radius 2 is 2.05 bits per heavy atom. The first kappa shape index (κ1) is 13.7. The maximum absolute atomic E-state index is 12.3. The van der Waals surface area contributed by atoms with Gasteiger partial charge in [0, 0.05) is 25.0 Å². The van der Waals surface area contributed by atoms with Crippen LogP contribution in [0.3, 0.4) is 0 Å². The van der Waals surface area contributed by atoms with Gasteiger partial charge in [-0.3, -0.25) is 9.59 Å². The van der Waals surface area contributed by atoms with E-state index in [0.717, 1.165) is 0 Å². The number of aryl methyl sites for hydroxylation is 1. The van der Waals surface area contributed by atoms with E-state index in [9.17, 15) is 9.59 Å². The molecule has 0 aliphatic carbocycles. The van der Waals surface area contributed by atoms with Crippen molar-refractivity contribution >= 4 is 17.3 Å². The number of nitrogen functional groups attached to an aromatic ring is 1. The summed E-state index contributed by atoms with van der Waals surface area (Å²) in [4.78, 5) is 23.5. The molecule has 0 aliphatic heterocycles. The van der Waals surface area contributed by atoms with E-state index in [1.54, 1.807) is 25.2 Å². The van der Waals surface area contributed by atoms with Gasteiger partial charge < -0.3 is 20.4 Å². The molecule has 104 valence electrons. The van der Waals surface area contributed by atoms with Crippen molar-refractivity contribution in [2.45, 2.75) is 0 Å². The van der Waals surface area contributed by atoms with Gasteiger partial charge in [-0.15, -0.1) is 0 Å². The Morgan fingerprint density at radius 3 is 2.70 bits per heavy atom. The molecule has 3 N–H and O–H groups in total. The number of benzene rings is 1. The number of amides is 1. The third-order valence-corrected chi connectivity index (χ3v) is 2.85. The Morgan fingerprint density at radius 1 is 1.30 bits per heavy atom. The molecule has 6 nitrogen and oxygen atoms in total. The number of hydrogen-bond acceptors (Lipinski definition) is 4. The summed E-state index contributed by atoms with van der Waals surface area (Å²) < 4.78 is 6.51. The van der Waals surface area contributed by atoms with E-state index in [-0.39, 0.29) is 11.1 Å². The first-order chi connectivity index (χ1) is 9.52. The van der Waals surface area contributed by atoms with Gasteiger partial charge in [0.05, 0.1) is 12.8 Å². The number of ether oxygens (including phenoxy) is 1. The third kappa shape index (κ3) is 2.64. The van der Waals surface area contributed by atoms with Crippen LogP contribution in [0.1, 0.15) is 10.4 Å². The molecule has 0 atom stereocenters. The van der Waals surface area contributed by atoms with E-state index in [1.165, 1.54) is 30.0 Å². The zero-order valence-corrected chi connectivity index (χ0v) is 11.2. The van der Waals surface area contributed by atoms with Crippen LogP contribution in [0.15, 0.2) is 41.3 Å². The van der Waals surface area contributed by atoms with Crippen molar-refractivity contribution in [3.8, 4) is 5.75 Å². The van der Waals surface area contributed by atoms with Gasteiger partial charge in [-0.2, -0.15) is 0 Å². The number of carbonyl (C=O) groups excluding carboxylic acids is 1. The number of nitrogens with zero attached hydrogens (tertiary/aromatic N) is 1. The summed E-state index contributed by atoms with van der Waals surface area (Å²) in [5, 5.41) is 2.68. The maximum atomic E-state index is 12.3. The van der Waals surface area contributed by atoms with Crippen LogP contribution in [-0.2, 0) is 7.05 Å². The number of hydrogen-bond donors (Lipinski definition) is 2. The van der Waals surface area contributed by atoms with Crippen LogP contribution in [0.25, 0.3) is 0 Å². The summed E-state index contributed by atoms with van der Waals surface area (Å²) in [5.41, 5.74) is 6.75. The van der Waals surface area contributed by atoms with E-state index in [4.69, 9.17) is 10.5 Å². The Balaban J connectivity index is 2.33. The van der Waals surface area contributed by atoms with Crippen molar-refractivity contribution < 1.29 is 9.53 Å². The maximum Gasteiger partial charge on any atom is 0.261 e. The topological polar surface area (TPSA) is 86.3 Å². The van der Waals surface area contributed by atoms with E-state index in [2.05, 4.69) is 5.32 Å². The molecule has 2 aromatic rings. The van der Waals surface area contributed by atoms with Gasteiger partial charge in [0.1, 0.15) is 11.3 Å². The Kier molecular flexibility index (Phi) is 3.74. The molecule has 0 fully saturated rings. The second kappa shape index (κ2) is 5.48. The number of nitrogens with one attached hydrogen (secondary N) is 1. The molecule has 0 spiro atoms. The lowest BCUT2D eigenvalue weighted by atomic mass is 10.1. The zero-order valence-electron chi connectivity index (χ0n) is 11.2. The highest BCUT2D eigenvalue weighted by atomic mass is 16.5. The second-order valence-corrected chi connectivity index (χ2v) is 4.25. The van der Waals surface area contributed by atoms with Crippen LogP contribution in [-0.4, -0.2) is 17.6 Å². The fourth-order valence-corrected chi connectivity index (χ4v) is 1.82. The Bertz CT molecular complexity index is 707.